The van der Waals surface area contributed by atoms with Crippen molar-refractivity contribution in [2.45, 2.75) is 39.7 Å². The maximum atomic E-state index is 11.0. The molecule has 0 spiro atoms. The van der Waals surface area contributed by atoms with Gasteiger partial charge in [0.15, 0.2) is 0 Å². The first kappa shape index (κ1) is 12.6. The van der Waals surface area contributed by atoms with Gasteiger partial charge >= 0.3 is 5.97 Å². The molecular formula is C14H18N2O2. The van der Waals surface area contributed by atoms with Gasteiger partial charge in [0.05, 0.1) is 16.6 Å². The zero-order valence-electron chi connectivity index (χ0n) is 11.0. The number of carboxylic acids is 1. The molecule has 0 bridgehead atoms. The number of aromatic nitrogens is 2. The van der Waals surface area contributed by atoms with Crippen LogP contribution in [-0.2, 0) is 0 Å². The van der Waals surface area contributed by atoms with Crippen molar-refractivity contribution >= 4 is 17.0 Å². The minimum absolute atomic E-state index is 0.314. The van der Waals surface area contributed by atoms with Crippen LogP contribution in [0.3, 0.4) is 0 Å². The molecular weight excluding hydrogens is 228 g/mol. The van der Waals surface area contributed by atoms with Gasteiger partial charge in [0, 0.05) is 6.04 Å². The third-order valence-electron chi connectivity index (χ3n) is 3.42. The highest BCUT2D eigenvalue weighted by atomic mass is 16.4. The van der Waals surface area contributed by atoms with Crippen LogP contribution in [0.5, 0.6) is 0 Å². The average molecular weight is 246 g/mol. The summed E-state index contributed by atoms with van der Waals surface area (Å²) in [5.41, 5.74) is 2.10. The summed E-state index contributed by atoms with van der Waals surface area (Å²) in [7, 11) is 0. The Kier molecular flexibility index (Phi) is 3.36. The molecule has 4 heteroatoms. The van der Waals surface area contributed by atoms with Crippen LogP contribution in [0.4, 0.5) is 0 Å². The van der Waals surface area contributed by atoms with Crippen molar-refractivity contribution in [3.63, 3.8) is 0 Å². The second-order valence-corrected chi connectivity index (χ2v) is 4.51. The molecule has 0 saturated carbocycles. The van der Waals surface area contributed by atoms with Crippen LogP contribution in [-0.4, -0.2) is 20.6 Å². The lowest BCUT2D eigenvalue weighted by molar-refractivity contribution is 0.0697. The van der Waals surface area contributed by atoms with E-state index >= 15 is 0 Å². The van der Waals surface area contributed by atoms with Gasteiger partial charge in [-0.1, -0.05) is 13.8 Å². The SMILES string of the molecule is CCC(CC)n1c(C)nc2ccc(C(=O)O)cc21. The van der Waals surface area contributed by atoms with E-state index < -0.39 is 5.97 Å². The molecule has 0 atom stereocenters. The third kappa shape index (κ3) is 1.98. The van der Waals surface area contributed by atoms with Gasteiger partial charge in [0.1, 0.15) is 5.82 Å². The van der Waals surface area contributed by atoms with Gasteiger partial charge in [-0.15, -0.1) is 0 Å². The Labute approximate surface area is 106 Å². The van der Waals surface area contributed by atoms with Gasteiger partial charge in [-0.05, 0) is 38.0 Å². The van der Waals surface area contributed by atoms with Crippen molar-refractivity contribution in [1.29, 1.82) is 0 Å². The highest BCUT2D eigenvalue weighted by molar-refractivity contribution is 5.92. The molecule has 0 amide bonds. The molecule has 0 fully saturated rings. The summed E-state index contributed by atoms with van der Waals surface area (Å²) < 4.78 is 2.15. The van der Waals surface area contributed by atoms with Gasteiger partial charge < -0.3 is 9.67 Å². The van der Waals surface area contributed by atoms with E-state index in [-0.39, 0.29) is 0 Å². The number of aryl methyl sites for hydroxylation is 1. The van der Waals surface area contributed by atoms with Crippen molar-refractivity contribution in [3.8, 4) is 0 Å². The van der Waals surface area contributed by atoms with Gasteiger partial charge in [0.2, 0.25) is 0 Å². The summed E-state index contributed by atoms with van der Waals surface area (Å²) in [5, 5.41) is 9.07. The number of aromatic carboxylic acids is 1. The standard InChI is InChI=1S/C14H18N2O2/c1-4-11(5-2)16-9(3)15-12-7-6-10(14(17)18)8-13(12)16/h6-8,11H,4-5H2,1-3H3,(H,17,18). The highest BCUT2D eigenvalue weighted by Gasteiger charge is 2.15. The Morgan fingerprint density at radius 3 is 2.61 bits per heavy atom. The second kappa shape index (κ2) is 4.80. The van der Waals surface area contributed by atoms with Crippen molar-refractivity contribution in [2.75, 3.05) is 0 Å². The third-order valence-corrected chi connectivity index (χ3v) is 3.42. The monoisotopic (exact) mass is 246 g/mol. The fraction of sp³-hybridized carbons (Fsp3) is 0.429. The van der Waals surface area contributed by atoms with Crippen LogP contribution < -0.4 is 0 Å². The fourth-order valence-electron chi connectivity index (χ4n) is 2.46. The maximum absolute atomic E-state index is 11.0. The van der Waals surface area contributed by atoms with E-state index in [0.717, 1.165) is 29.7 Å². The summed E-state index contributed by atoms with van der Waals surface area (Å²) in [4.78, 5) is 15.5. The van der Waals surface area contributed by atoms with E-state index in [9.17, 15) is 4.79 Å². The molecule has 0 aliphatic rings. The normalized spacial score (nSPS) is 11.3. The Hall–Kier alpha value is -1.84. The van der Waals surface area contributed by atoms with E-state index in [1.54, 1.807) is 18.2 Å². The molecule has 96 valence electrons. The first-order valence-corrected chi connectivity index (χ1v) is 6.30. The van der Waals surface area contributed by atoms with Crippen LogP contribution in [0, 0.1) is 6.92 Å². The fourth-order valence-corrected chi connectivity index (χ4v) is 2.46. The highest BCUT2D eigenvalue weighted by Crippen LogP contribution is 2.25. The van der Waals surface area contributed by atoms with Gasteiger partial charge in [-0.2, -0.15) is 0 Å². The van der Waals surface area contributed by atoms with Crippen molar-refractivity contribution in [2.24, 2.45) is 0 Å². The first-order chi connectivity index (χ1) is 8.58. The van der Waals surface area contributed by atoms with Crippen LogP contribution in [0.2, 0.25) is 0 Å². The Morgan fingerprint density at radius 1 is 1.39 bits per heavy atom. The summed E-state index contributed by atoms with van der Waals surface area (Å²) in [6.07, 6.45) is 2.03. The predicted molar refractivity (Wildman–Crippen MR) is 71.0 cm³/mol. The van der Waals surface area contributed by atoms with E-state index in [2.05, 4.69) is 23.4 Å². The van der Waals surface area contributed by atoms with Crippen molar-refractivity contribution < 1.29 is 9.90 Å². The van der Waals surface area contributed by atoms with Crippen LogP contribution in [0.1, 0.15) is 48.9 Å². The first-order valence-electron chi connectivity index (χ1n) is 6.30. The Morgan fingerprint density at radius 2 is 2.06 bits per heavy atom. The average Bonchev–Trinajstić information content (AvgIpc) is 2.67. The van der Waals surface area contributed by atoms with Crippen molar-refractivity contribution in [3.05, 3.63) is 29.6 Å². The quantitative estimate of drug-likeness (QED) is 0.899. The lowest BCUT2D eigenvalue weighted by Crippen LogP contribution is -2.09. The largest absolute Gasteiger partial charge is 0.478 e. The zero-order valence-corrected chi connectivity index (χ0v) is 11.0. The molecule has 0 radical (unpaired) electrons. The summed E-state index contributed by atoms with van der Waals surface area (Å²) >= 11 is 0. The lowest BCUT2D eigenvalue weighted by Gasteiger charge is -2.17. The molecule has 1 N–H and O–H groups in total. The minimum Gasteiger partial charge on any atom is -0.478 e. The molecule has 0 aliphatic heterocycles. The molecule has 0 saturated heterocycles. The van der Waals surface area contributed by atoms with E-state index in [0.29, 0.717) is 11.6 Å². The number of carboxylic acid groups (broad SMARTS) is 1. The molecule has 2 rings (SSSR count). The molecule has 1 aromatic carbocycles. The number of nitrogens with zero attached hydrogens (tertiary/aromatic N) is 2. The summed E-state index contributed by atoms with van der Waals surface area (Å²) in [6, 6.07) is 5.48. The number of rotatable bonds is 4. The predicted octanol–water partition coefficient (Wildman–Crippen LogP) is 3.40. The Bertz CT molecular complexity index is 583. The molecule has 1 aromatic heterocycles. The molecule has 0 unspecified atom stereocenters. The second-order valence-electron chi connectivity index (χ2n) is 4.51. The smallest absolute Gasteiger partial charge is 0.335 e. The molecule has 0 aliphatic carbocycles. The molecule has 4 nitrogen and oxygen atoms in total. The van der Waals surface area contributed by atoms with E-state index in [4.69, 9.17) is 5.11 Å². The molecule has 18 heavy (non-hydrogen) atoms. The number of carbonyl (C=O) groups is 1. The number of fused-ring (bicyclic) bond motifs is 1. The topological polar surface area (TPSA) is 55.1 Å². The number of hydrogen-bond donors (Lipinski definition) is 1. The molecule has 1 heterocycles. The molecule has 2 aromatic rings. The van der Waals surface area contributed by atoms with Crippen LogP contribution >= 0.6 is 0 Å². The van der Waals surface area contributed by atoms with Gasteiger partial charge in [0.25, 0.3) is 0 Å². The van der Waals surface area contributed by atoms with Gasteiger partial charge in [-0.25, -0.2) is 9.78 Å². The Balaban J connectivity index is 2.67. The van der Waals surface area contributed by atoms with E-state index in [1.165, 1.54) is 0 Å². The number of imidazole rings is 1. The summed E-state index contributed by atoms with van der Waals surface area (Å²) in [6.45, 7) is 6.25. The van der Waals surface area contributed by atoms with Gasteiger partial charge in [-0.3, -0.25) is 0 Å². The van der Waals surface area contributed by atoms with Crippen molar-refractivity contribution in [1.82, 2.24) is 9.55 Å². The zero-order chi connectivity index (χ0) is 13.3. The number of hydrogen-bond acceptors (Lipinski definition) is 2. The minimum atomic E-state index is -0.896. The van der Waals surface area contributed by atoms with Crippen LogP contribution in [0.15, 0.2) is 18.2 Å². The lowest BCUT2D eigenvalue weighted by atomic mass is 10.1. The number of benzene rings is 1. The maximum Gasteiger partial charge on any atom is 0.335 e. The van der Waals surface area contributed by atoms with E-state index in [1.807, 2.05) is 6.92 Å². The summed E-state index contributed by atoms with van der Waals surface area (Å²) in [5.74, 6) is 0.0492. The van der Waals surface area contributed by atoms with Crippen LogP contribution in [0.25, 0.3) is 11.0 Å².